The average molecular weight is 661 g/mol. The summed E-state index contributed by atoms with van der Waals surface area (Å²) >= 11 is 0. The van der Waals surface area contributed by atoms with E-state index in [4.69, 9.17) is 0 Å². The van der Waals surface area contributed by atoms with E-state index in [1.54, 1.807) is 0 Å². The van der Waals surface area contributed by atoms with Crippen molar-refractivity contribution in [2.45, 2.75) is 53.9 Å². The van der Waals surface area contributed by atoms with Crippen LogP contribution < -0.4 is 0 Å². The Morgan fingerprint density at radius 3 is 0.625 bits per heavy atom. The van der Waals surface area contributed by atoms with Gasteiger partial charge in [0, 0.05) is 0 Å². The van der Waals surface area contributed by atoms with Gasteiger partial charge in [-0.15, -0.1) is 0 Å². The summed E-state index contributed by atoms with van der Waals surface area (Å²) in [7, 11) is -11.4. The Bertz CT molecular complexity index is 1000. The minimum atomic E-state index is -11.4. The van der Waals surface area contributed by atoms with Crippen molar-refractivity contribution in [2.75, 3.05) is 0 Å². The molecule has 0 unspecified atom stereocenters. The maximum absolute atomic E-state index is 13.5. The second-order valence-corrected chi connectivity index (χ2v) is 10.9. The van der Waals surface area contributed by atoms with E-state index in [1.165, 1.54) is 0 Å². The van der Waals surface area contributed by atoms with Crippen LogP contribution in [0.15, 0.2) is 0 Å². The molecule has 3 heterocycles. The van der Waals surface area contributed by atoms with E-state index in [2.05, 4.69) is 27.1 Å². The fourth-order valence-electron chi connectivity index (χ4n) is 3.42. The number of alkyl halides is 18. The van der Waals surface area contributed by atoms with Crippen molar-refractivity contribution in [2.24, 2.45) is 0 Å². The van der Waals surface area contributed by atoms with Gasteiger partial charge in [0.25, 0.3) is 0 Å². The van der Waals surface area contributed by atoms with Crippen molar-refractivity contribution < 1.29 is 121 Å². The van der Waals surface area contributed by atoms with Crippen molar-refractivity contribution in [1.29, 1.82) is 0 Å². The number of carbonyl (C=O) groups excluding carboxylic acids is 3. The van der Waals surface area contributed by atoms with Crippen LogP contribution in [0, 0.1) is 0 Å². The molecule has 0 bridgehead atoms. The summed E-state index contributed by atoms with van der Waals surface area (Å²) in [5, 5.41) is 0. The van der Waals surface area contributed by atoms with Crippen molar-refractivity contribution in [3.05, 3.63) is 0 Å². The molecule has 0 atom stereocenters. The van der Waals surface area contributed by atoms with E-state index < -0.39 is 79.1 Å². The molecule has 0 N–H and O–H groups in total. The molecule has 28 heteroatoms. The van der Waals surface area contributed by atoms with Gasteiger partial charge in [-0.1, -0.05) is 0 Å². The van der Waals surface area contributed by atoms with Crippen LogP contribution in [0.1, 0.15) is 0 Å². The zero-order valence-electron chi connectivity index (χ0n) is 16.9. The van der Waals surface area contributed by atoms with Gasteiger partial charge in [-0.3, -0.25) is 0 Å². The molecule has 0 aromatic rings. The Labute approximate surface area is 201 Å². The summed E-state index contributed by atoms with van der Waals surface area (Å²) in [5.41, 5.74) is -21.9. The van der Waals surface area contributed by atoms with Gasteiger partial charge < -0.3 is 0 Å². The third-order valence-electron chi connectivity index (χ3n) is 5.04. The molecule has 0 aromatic carbocycles. The Kier molecular flexibility index (Phi) is 5.52. The van der Waals surface area contributed by atoms with E-state index in [-0.39, 0.29) is 0 Å². The fraction of sp³-hybridized carbons (Fsp3) is 0.750. The molecule has 0 aromatic heterocycles. The summed E-state index contributed by atoms with van der Waals surface area (Å²) in [5.74, 6) is -13.8. The topological polar surface area (TPSA) is 107 Å². The van der Waals surface area contributed by atoms with Crippen LogP contribution in [0.25, 0.3) is 0 Å². The molecular weight excluding hydrogens is 661 g/mol. The van der Waals surface area contributed by atoms with E-state index >= 15 is 0 Å². The number of rotatable bonds is 0. The molecule has 9 nitrogen and oxygen atoms in total. The molecule has 234 valence electrons. The number of carbonyl (C=O) groups is 3. The molecule has 0 aliphatic carbocycles. The predicted molar refractivity (Wildman–Crippen MR) is 73.0 cm³/mol. The molecule has 0 saturated carbocycles. The third-order valence-corrected chi connectivity index (χ3v) is 8.59. The summed E-state index contributed by atoms with van der Waals surface area (Å²) in [6, 6.07) is 0. The molecule has 3 fully saturated rings. The first-order valence-electron chi connectivity index (χ1n) is 8.58. The molecule has 0 radical (unpaired) electrons. The van der Waals surface area contributed by atoms with Crippen LogP contribution in [0.5, 0.6) is 0 Å². The fourth-order valence-corrected chi connectivity index (χ4v) is 7.90. The zero-order valence-corrected chi connectivity index (χ0v) is 17.8. The normalized spacial score (nSPS) is 28.8. The molecule has 3 aliphatic rings. The van der Waals surface area contributed by atoms with Crippen molar-refractivity contribution in [3.63, 3.8) is 0 Å². The number of halogens is 18. The second-order valence-electron chi connectivity index (χ2n) is 7.56. The Balaban J connectivity index is 2.65. The molecule has 3 rings (SSSR count). The molecule has 40 heavy (non-hydrogen) atoms. The van der Waals surface area contributed by atoms with Crippen LogP contribution in [-0.2, 0) is 41.5 Å². The molecule has 3 saturated heterocycles. The molecular formula is C12F18O9P-. The quantitative estimate of drug-likeness (QED) is 0.266. The van der Waals surface area contributed by atoms with Gasteiger partial charge in [0.1, 0.15) is 0 Å². The van der Waals surface area contributed by atoms with Crippen LogP contribution in [-0.4, -0.2) is 71.8 Å². The van der Waals surface area contributed by atoms with Gasteiger partial charge >= 0.3 is 200 Å². The zero-order chi connectivity index (χ0) is 31.9. The Morgan fingerprint density at radius 1 is 0.375 bits per heavy atom. The average Bonchev–Trinajstić information content (AvgIpc) is 3.13. The van der Waals surface area contributed by atoms with Gasteiger partial charge in [0.15, 0.2) is 0 Å². The SMILES string of the molecule is O=C1O[P-]23(OC(=O)C(C(F)(F)F)(C(F)(F)F)O2)(OC(=O)C(C(F)(F)F)(C(F)(F)F)O3)OC1(C(F)(F)F)C(F)(F)F. The van der Waals surface area contributed by atoms with Gasteiger partial charge in [-0.2, -0.15) is 0 Å². The van der Waals surface area contributed by atoms with E-state index in [1.807, 2.05) is 0 Å². The standard InChI is InChI=1S/C12F18O9P/c13-7(14,15)4(8(16,17)18)1(31)34-40(37-4,35-2(32)5(38-40,9(19,20)21)10(22,23)24)36-3(33)6(39-40,11(25,26)27)12(28,29)30/q-1. The van der Waals surface area contributed by atoms with Crippen molar-refractivity contribution in [1.82, 2.24) is 0 Å². The summed E-state index contributed by atoms with van der Waals surface area (Å²) < 4.78 is 260. The minimum absolute atomic E-state index is 2.69. The second kappa shape index (κ2) is 6.91. The predicted octanol–water partition coefficient (Wildman–Crippen LogP) is 4.88. The van der Waals surface area contributed by atoms with Gasteiger partial charge in [0.2, 0.25) is 0 Å². The Morgan fingerprint density at radius 2 is 0.525 bits per heavy atom. The monoisotopic (exact) mass is 661 g/mol. The van der Waals surface area contributed by atoms with Gasteiger partial charge in [-0.05, 0) is 0 Å². The van der Waals surface area contributed by atoms with Crippen molar-refractivity contribution >= 4 is 25.2 Å². The van der Waals surface area contributed by atoms with E-state index in [0.717, 1.165) is 0 Å². The van der Waals surface area contributed by atoms with Gasteiger partial charge in [0.05, 0.1) is 0 Å². The summed E-state index contributed by atoms with van der Waals surface area (Å²) in [6.07, 6.45) is -46.3. The first-order valence-corrected chi connectivity index (χ1v) is 10.8. The number of hydrogen-bond acceptors (Lipinski definition) is 9. The summed E-state index contributed by atoms with van der Waals surface area (Å²) in [6.45, 7) is 0. The van der Waals surface area contributed by atoms with E-state index in [9.17, 15) is 93.4 Å². The van der Waals surface area contributed by atoms with Crippen molar-refractivity contribution in [3.8, 4) is 0 Å². The first kappa shape index (κ1) is 32.0. The van der Waals surface area contributed by atoms with Crippen LogP contribution >= 0.6 is 7.31 Å². The third kappa shape index (κ3) is 3.21. The molecule has 1 spiro atoms. The van der Waals surface area contributed by atoms with Gasteiger partial charge in [-0.25, -0.2) is 0 Å². The van der Waals surface area contributed by atoms with Crippen LogP contribution in [0.4, 0.5) is 79.0 Å². The first-order chi connectivity index (χ1) is 17.1. The Hall–Kier alpha value is -2.54. The van der Waals surface area contributed by atoms with E-state index in [0.29, 0.717) is 0 Å². The maximum atomic E-state index is 13.5. The number of hydrogen-bond donors (Lipinski definition) is 0. The van der Waals surface area contributed by atoms with Crippen LogP contribution in [0.2, 0.25) is 0 Å². The summed E-state index contributed by atoms with van der Waals surface area (Å²) in [4.78, 5) is 35.8. The molecule has 3 aliphatic heterocycles. The van der Waals surface area contributed by atoms with Crippen LogP contribution in [0.3, 0.4) is 0 Å². The molecule has 0 amide bonds.